The highest BCUT2D eigenvalue weighted by molar-refractivity contribution is 6.04. The predicted molar refractivity (Wildman–Crippen MR) is 69.6 cm³/mol. The van der Waals surface area contributed by atoms with E-state index in [9.17, 15) is 4.79 Å². The highest BCUT2D eigenvalue weighted by Crippen LogP contribution is 2.22. The molecule has 0 spiro atoms. The topological polar surface area (TPSA) is 77.2 Å². The molecule has 1 aromatic carbocycles. The van der Waals surface area contributed by atoms with E-state index < -0.39 is 0 Å². The summed E-state index contributed by atoms with van der Waals surface area (Å²) in [6.45, 7) is 0. The van der Waals surface area contributed by atoms with Gasteiger partial charge in [-0.15, -0.1) is 0 Å². The summed E-state index contributed by atoms with van der Waals surface area (Å²) in [5.41, 5.74) is 7.34. The molecular formula is C13H13N3O2. The van der Waals surface area contributed by atoms with Crippen molar-refractivity contribution >= 4 is 17.3 Å². The number of ether oxygens (including phenoxy) is 1. The lowest BCUT2D eigenvalue weighted by molar-refractivity contribution is 0.102. The van der Waals surface area contributed by atoms with E-state index in [0.29, 0.717) is 22.7 Å². The van der Waals surface area contributed by atoms with Crippen molar-refractivity contribution in [3.05, 3.63) is 48.3 Å². The van der Waals surface area contributed by atoms with E-state index in [0.717, 1.165) is 0 Å². The van der Waals surface area contributed by atoms with Gasteiger partial charge in [-0.25, -0.2) is 0 Å². The fourth-order valence-corrected chi connectivity index (χ4v) is 1.51. The molecule has 0 saturated heterocycles. The van der Waals surface area contributed by atoms with E-state index in [2.05, 4.69) is 10.3 Å². The molecule has 5 heteroatoms. The number of carbonyl (C=O) groups is 1. The molecule has 0 aliphatic rings. The summed E-state index contributed by atoms with van der Waals surface area (Å²) in [5, 5.41) is 2.75. The summed E-state index contributed by atoms with van der Waals surface area (Å²) in [6, 6.07) is 8.33. The number of carbonyl (C=O) groups excluding carboxylic acids is 1. The minimum absolute atomic E-state index is 0.226. The second-order valence-electron chi connectivity index (χ2n) is 3.65. The van der Waals surface area contributed by atoms with Gasteiger partial charge in [0, 0.05) is 23.6 Å². The first-order valence-electron chi connectivity index (χ1n) is 5.35. The Kier molecular flexibility index (Phi) is 3.43. The molecular weight excluding hydrogens is 230 g/mol. The largest absolute Gasteiger partial charge is 0.495 e. The Morgan fingerprint density at radius 2 is 2.00 bits per heavy atom. The number of nitrogens with two attached hydrogens (primary N) is 1. The molecule has 2 rings (SSSR count). The normalized spacial score (nSPS) is 9.83. The number of pyridine rings is 1. The summed E-state index contributed by atoms with van der Waals surface area (Å²) >= 11 is 0. The van der Waals surface area contributed by atoms with Crippen LogP contribution in [-0.4, -0.2) is 18.0 Å². The number of methoxy groups -OCH3 is 1. The summed E-state index contributed by atoms with van der Waals surface area (Å²) in [7, 11) is 1.53. The van der Waals surface area contributed by atoms with Crippen molar-refractivity contribution in [1.82, 2.24) is 4.98 Å². The van der Waals surface area contributed by atoms with Crippen LogP contribution >= 0.6 is 0 Å². The van der Waals surface area contributed by atoms with Crippen molar-refractivity contribution in [1.29, 1.82) is 0 Å². The lowest BCUT2D eigenvalue weighted by Crippen LogP contribution is -2.12. The number of nitrogen functional groups attached to an aromatic ring is 1. The van der Waals surface area contributed by atoms with Gasteiger partial charge in [-0.3, -0.25) is 9.78 Å². The van der Waals surface area contributed by atoms with Crippen molar-refractivity contribution in [3.63, 3.8) is 0 Å². The van der Waals surface area contributed by atoms with E-state index >= 15 is 0 Å². The van der Waals surface area contributed by atoms with Gasteiger partial charge < -0.3 is 15.8 Å². The predicted octanol–water partition coefficient (Wildman–Crippen LogP) is 1.92. The SMILES string of the molecule is COc1ccc(C(=O)Nc2ccncc2)cc1N. The van der Waals surface area contributed by atoms with Crippen molar-refractivity contribution in [2.75, 3.05) is 18.2 Å². The smallest absolute Gasteiger partial charge is 0.255 e. The first-order chi connectivity index (χ1) is 8.70. The van der Waals surface area contributed by atoms with Crippen LogP contribution in [0.4, 0.5) is 11.4 Å². The van der Waals surface area contributed by atoms with E-state index in [1.54, 1.807) is 42.7 Å². The van der Waals surface area contributed by atoms with Gasteiger partial charge in [-0.1, -0.05) is 0 Å². The van der Waals surface area contributed by atoms with E-state index in [1.165, 1.54) is 7.11 Å². The van der Waals surface area contributed by atoms with Gasteiger partial charge in [-0.05, 0) is 30.3 Å². The lowest BCUT2D eigenvalue weighted by Gasteiger charge is -2.08. The number of nitrogens with one attached hydrogen (secondary N) is 1. The van der Waals surface area contributed by atoms with Crippen LogP contribution in [0.15, 0.2) is 42.7 Å². The zero-order valence-electron chi connectivity index (χ0n) is 9.88. The Hall–Kier alpha value is -2.56. The first kappa shape index (κ1) is 11.9. The van der Waals surface area contributed by atoms with Gasteiger partial charge in [0.15, 0.2) is 0 Å². The van der Waals surface area contributed by atoms with Gasteiger partial charge in [0.2, 0.25) is 0 Å². The zero-order valence-corrected chi connectivity index (χ0v) is 9.88. The molecule has 1 amide bonds. The van der Waals surface area contributed by atoms with Gasteiger partial charge in [0.05, 0.1) is 12.8 Å². The number of aromatic nitrogens is 1. The fraction of sp³-hybridized carbons (Fsp3) is 0.0769. The molecule has 0 aliphatic heterocycles. The van der Waals surface area contributed by atoms with Crippen LogP contribution in [0.2, 0.25) is 0 Å². The van der Waals surface area contributed by atoms with Gasteiger partial charge >= 0.3 is 0 Å². The molecule has 0 fully saturated rings. The third-order valence-electron chi connectivity index (χ3n) is 2.43. The fourth-order valence-electron chi connectivity index (χ4n) is 1.51. The van der Waals surface area contributed by atoms with Crippen LogP contribution < -0.4 is 15.8 Å². The highest BCUT2D eigenvalue weighted by Gasteiger charge is 2.08. The van der Waals surface area contributed by atoms with Gasteiger partial charge in [-0.2, -0.15) is 0 Å². The molecule has 0 aliphatic carbocycles. The lowest BCUT2D eigenvalue weighted by atomic mass is 10.1. The summed E-state index contributed by atoms with van der Waals surface area (Å²) in [5.74, 6) is 0.325. The molecule has 18 heavy (non-hydrogen) atoms. The maximum Gasteiger partial charge on any atom is 0.255 e. The van der Waals surface area contributed by atoms with Crippen LogP contribution in [0.1, 0.15) is 10.4 Å². The monoisotopic (exact) mass is 243 g/mol. The average molecular weight is 243 g/mol. The molecule has 0 unspecified atom stereocenters. The molecule has 0 bridgehead atoms. The molecule has 92 valence electrons. The average Bonchev–Trinajstić information content (AvgIpc) is 2.39. The second kappa shape index (κ2) is 5.18. The Labute approximate surface area is 105 Å². The highest BCUT2D eigenvalue weighted by atomic mass is 16.5. The van der Waals surface area contributed by atoms with E-state index in [-0.39, 0.29) is 5.91 Å². The standard InChI is InChI=1S/C13H13N3O2/c1-18-12-3-2-9(8-11(12)14)13(17)16-10-4-6-15-7-5-10/h2-8H,14H2,1H3,(H,15,16,17). The number of hydrogen-bond acceptors (Lipinski definition) is 4. The van der Waals surface area contributed by atoms with Crippen molar-refractivity contribution in [2.45, 2.75) is 0 Å². The number of rotatable bonds is 3. The maximum absolute atomic E-state index is 11.9. The Balaban J connectivity index is 2.17. The molecule has 5 nitrogen and oxygen atoms in total. The molecule has 2 aromatic rings. The van der Waals surface area contributed by atoms with E-state index in [1.807, 2.05) is 0 Å². The molecule has 3 N–H and O–H groups in total. The molecule has 0 radical (unpaired) electrons. The molecule has 1 heterocycles. The second-order valence-corrected chi connectivity index (χ2v) is 3.65. The van der Waals surface area contributed by atoms with Crippen LogP contribution in [0.3, 0.4) is 0 Å². The third-order valence-corrected chi connectivity index (χ3v) is 2.43. The molecule has 1 aromatic heterocycles. The molecule has 0 atom stereocenters. The minimum atomic E-state index is -0.226. The zero-order chi connectivity index (χ0) is 13.0. The number of hydrogen-bond donors (Lipinski definition) is 2. The van der Waals surface area contributed by atoms with Crippen molar-refractivity contribution in [2.24, 2.45) is 0 Å². The number of nitrogens with zero attached hydrogens (tertiary/aromatic N) is 1. The summed E-state index contributed by atoms with van der Waals surface area (Å²) in [4.78, 5) is 15.8. The molecule has 0 saturated carbocycles. The Morgan fingerprint density at radius 3 is 2.61 bits per heavy atom. The Morgan fingerprint density at radius 1 is 1.28 bits per heavy atom. The summed E-state index contributed by atoms with van der Waals surface area (Å²) < 4.78 is 5.03. The maximum atomic E-state index is 11.9. The number of amides is 1. The quantitative estimate of drug-likeness (QED) is 0.807. The van der Waals surface area contributed by atoms with Crippen LogP contribution in [-0.2, 0) is 0 Å². The number of anilines is 2. The summed E-state index contributed by atoms with van der Waals surface area (Å²) in [6.07, 6.45) is 3.22. The van der Waals surface area contributed by atoms with Crippen LogP contribution in [0.25, 0.3) is 0 Å². The number of benzene rings is 1. The first-order valence-corrected chi connectivity index (χ1v) is 5.35. The van der Waals surface area contributed by atoms with E-state index in [4.69, 9.17) is 10.5 Å². The van der Waals surface area contributed by atoms with Crippen LogP contribution in [0.5, 0.6) is 5.75 Å². The van der Waals surface area contributed by atoms with Crippen molar-refractivity contribution < 1.29 is 9.53 Å². The van der Waals surface area contributed by atoms with Crippen molar-refractivity contribution in [3.8, 4) is 5.75 Å². The third kappa shape index (κ3) is 2.57. The minimum Gasteiger partial charge on any atom is -0.495 e. The van der Waals surface area contributed by atoms with Gasteiger partial charge in [0.1, 0.15) is 5.75 Å². The Bertz CT molecular complexity index is 555. The van der Waals surface area contributed by atoms with Gasteiger partial charge in [0.25, 0.3) is 5.91 Å². The van der Waals surface area contributed by atoms with Crippen LogP contribution in [0, 0.1) is 0 Å².